The molecule has 0 atom stereocenters. The number of nitro benzene ring substituents is 1. The molecule has 0 radical (unpaired) electrons. The molecular weight excluding hydrogens is 923 g/mol. The van der Waals surface area contributed by atoms with Gasteiger partial charge in [-0.25, -0.2) is 8.42 Å². The molecule has 1 aliphatic carbocycles. The number of nitrogens with zero attached hydrogens (tertiary/aromatic N) is 6. The number of hydrogen-bond donors (Lipinski definition) is 3. The molecule has 0 unspecified atom stereocenters. The van der Waals surface area contributed by atoms with Gasteiger partial charge in [0.2, 0.25) is 5.78 Å². The van der Waals surface area contributed by atoms with Gasteiger partial charge in [0.25, 0.3) is 15.8 Å². The van der Waals surface area contributed by atoms with Crippen molar-refractivity contribution >= 4 is 94.4 Å². The Morgan fingerprint density at radius 3 is 2.09 bits per heavy atom. The second-order valence-electron chi connectivity index (χ2n) is 13.4. The van der Waals surface area contributed by atoms with Gasteiger partial charge in [0, 0.05) is 34.2 Å². The summed E-state index contributed by atoms with van der Waals surface area (Å²) < 4.78 is 81.5. The largest absolute Gasteiger partial charge is 1.00 e. The molecule has 0 aliphatic heterocycles. The number of methoxy groups -OCH3 is 2. The maximum absolute atomic E-state index is 13.8. The number of anilines is 2. The van der Waals surface area contributed by atoms with E-state index in [0.717, 1.165) is 18.2 Å². The van der Waals surface area contributed by atoms with Crippen LogP contribution in [0.3, 0.4) is 0 Å². The molecule has 0 amide bonds. The van der Waals surface area contributed by atoms with Gasteiger partial charge in [-0.05, 0) is 83.3 Å². The number of nitro groups is 1. The number of allylic oxidation sites excluding steroid dienone is 1. The molecule has 25 heteroatoms. The van der Waals surface area contributed by atoms with Crippen molar-refractivity contribution in [1.82, 2.24) is 0 Å². The van der Waals surface area contributed by atoms with Crippen molar-refractivity contribution in [3.05, 3.63) is 135 Å². The number of hydrazone groups is 1. The Labute approximate surface area is 418 Å². The van der Waals surface area contributed by atoms with Crippen LogP contribution in [-0.4, -0.2) is 62.5 Å². The number of nitrogens with one attached hydrogen (secondary N) is 1. The van der Waals surface area contributed by atoms with Crippen LogP contribution in [0.5, 0.6) is 11.5 Å². The maximum Gasteiger partial charge on any atom is 1.00 e. The first-order valence-electron chi connectivity index (χ1n) is 18.1. The topological polar surface area (TPSA) is 330 Å². The van der Waals surface area contributed by atoms with Gasteiger partial charge in [-0.2, -0.15) is 13.5 Å². The first-order valence-corrected chi connectivity index (χ1v) is 20.9. The molecule has 0 heterocycles. The number of benzene rings is 6. The van der Waals surface area contributed by atoms with E-state index in [9.17, 15) is 50.8 Å². The third kappa shape index (κ3) is 10.7. The number of nitrogens with two attached hydrogens (primary N) is 1. The van der Waals surface area contributed by atoms with E-state index in [1.807, 2.05) is 0 Å². The van der Waals surface area contributed by atoms with Crippen LogP contribution in [0.25, 0.3) is 28.0 Å². The minimum Gasteiger partial charge on any atom is -0.744 e. The molecule has 4 N–H and O–H groups in total. The first-order chi connectivity index (χ1) is 30.4. The maximum atomic E-state index is 13.8. The zero-order valence-corrected chi connectivity index (χ0v) is 40.4. The van der Waals surface area contributed by atoms with Crippen molar-refractivity contribution in [3.63, 3.8) is 0 Å². The number of carbonyl (C=O) groups is 2. The van der Waals surface area contributed by atoms with Gasteiger partial charge < -0.3 is 29.7 Å². The van der Waals surface area contributed by atoms with Crippen LogP contribution in [0.2, 0.25) is 0 Å². The molecule has 324 valence electrons. The molecule has 21 nitrogen and oxygen atoms in total. The standard InChI is InChI=1S/C41H30N8O13S2.2Na/c1-61-35-17-21(6-13-33(35)45-43-31-5-3-4-23-16-25(63(55,56)57)9-10-26(23)31)22-7-14-34(36(18-22)62-2)46-48-39-37(64(58,59)60)20-28-27(40(39)50)11-12-30(42)38(28)47-44-32-15-8-24(49(53)54)19-29(32)41(51)52;;/h3-20,46H,42H2,1-2H3,(H,51,52)(H,55,56,57)(H,58,59,60);;/q;2*+1/p-2/b45-43?,47-44?,48-39-;;. The summed E-state index contributed by atoms with van der Waals surface area (Å²) in [5.74, 6) is -2.34. The Morgan fingerprint density at radius 1 is 0.788 bits per heavy atom. The van der Waals surface area contributed by atoms with Crippen molar-refractivity contribution in [2.75, 3.05) is 25.4 Å². The minimum absolute atomic E-state index is 0. The second kappa shape index (κ2) is 20.5. The van der Waals surface area contributed by atoms with Crippen LogP contribution in [0.15, 0.2) is 138 Å². The number of carboxylic acids is 1. The van der Waals surface area contributed by atoms with E-state index < -0.39 is 64.5 Å². The van der Waals surface area contributed by atoms with Crippen molar-refractivity contribution in [3.8, 4) is 22.6 Å². The molecular formula is C41H28N8Na2O13S2. The normalized spacial score (nSPS) is 13.2. The van der Waals surface area contributed by atoms with Crippen molar-refractivity contribution in [2.45, 2.75) is 4.90 Å². The quantitative estimate of drug-likeness (QED) is 0.0363. The van der Waals surface area contributed by atoms with Gasteiger partial charge in [0.15, 0.2) is 0 Å². The van der Waals surface area contributed by atoms with E-state index in [1.165, 1.54) is 50.6 Å². The van der Waals surface area contributed by atoms with Crippen LogP contribution >= 0.6 is 0 Å². The summed E-state index contributed by atoms with van der Waals surface area (Å²) in [4.78, 5) is 34.5. The van der Waals surface area contributed by atoms with Crippen LogP contribution in [-0.2, 0) is 20.2 Å². The third-order valence-corrected chi connectivity index (χ3v) is 11.2. The molecule has 6 aromatic carbocycles. The molecule has 0 fully saturated rings. The number of Topliss-reactive ketones (excluding diaryl/α,β-unsaturated/α-hetero) is 1. The molecule has 1 aliphatic rings. The number of fused-ring (bicyclic) bond motifs is 2. The molecule has 66 heavy (non-hydrogen) atoms. The summed E-state index contributed by atoms with van der Waals surface area (Å²) in [6.45, 7) is 0. The van der Waals surface area contributed by atoms with Crippen LogP contribution < -0.4 is 84.9 Å². The van der Waals surface area contributed by atoms with Crippen molar-refractivity contribution < 1.29 is 114 Å². The Balaban J connectivity index is 0.00000408. The summed E-state index contributed by atoms with van der Waals surface area (Å²) >= 11 is 0. The number of rotatable bonds is 13. The summed E-state index contributed by atoms with van der Waals surface area (Å²) in [6.07, 6.45) is 0.820. The SMILES string of the molecule is COc1cc(-c2ccc(N/N=C3\C(=O)c4ccc(N)c(N=Nc5ccc([N+](=O)[O-])cc5C(=O)[O-])c4C=C3S(=O)(=O)[O-])c(OC)c2)ccc1N=Nc1cccc2cc(S(=O)(=O)O)ccc12.[Na+].[Na+]. The van der Waals surface area contributed by atoms with E-state index in [4.69, 9.17) is 15.2 Å². The summed E-state index contributed by atoms with van der Waals surface area (Å²) in [6, 6.07) is 24.0. The van der Waals surface area contributed by atoms with E-state index in [1.54, 1.807) is 48.5 Å². The number of carbonyl (C=O) groups excluding carboxylic acids is 2. The minimum atomic E-state index is -5.42. The van der Waals surface area contributed by atoms with Crippen LogP contribution in [0.1, 0.15) is 26.3 Å². The Bertz CT molecular complexity index is 3350. The second-order valence-corrected chi connectivity index (χ2v) is 16.2. The average molecular weight is 951 g/mol. The number of azo groups is 2. The molecule has 0 saturated carbocycles. The Morgan fingerprint density at radius 2 is 1.44 bits per heavy atom. The van der Waals surface area contributed by atoms with E-state index in [2.05, 4.69) is 31.0 Å². The van der Waals surface area contributed by atoms with Crippen LogP contribution in [0.4, 0.5) is 39.8 Å². The Hall–Kier alpha value is -6.25. The van der Waals surface area contributed by atoms with Gasteiger partial charge in [-0.15, -0.1) is 20.5 Å². The van der Waals surface area contributed by atoms with E-state index in [0.29, 0.717) is 45.1 Å². The zero-order chi connectivity index (χ0) is 46.1. The van der Waals surface area contributed by atoms with Crippen molar-refractivity contribution in [2.24, 2.45) is 25.6 Å². The summed E-state index contributed by atoms with van der Waals surface area (Å²) in [5, 5.41) is 44.4. The van der Waals surface area contributed by atoms with E-state index in [-0.39, 0.29) is 97.9 Å². The van der Waals surface area contributed by atoms with Gasteiger partial charge >= 0.3 is 59.1 Å². The third-order valence-electron chi connectivity index (χ3n) is 9.55. The molecule has 0 spiro atoms. The van der Waals surface area contributed by atoms with Gasteiger partial charge in [0.05, 0.1) is 57.7 Å². The van der Waals surface area contributed by atoms with Gasteiger partial charge in [0.1, 0.15) is 38.7 Å². The monoisotopic (exact) mass is 950 g/mol. The summed E-state index contributed by atoms with van der Waals surface area (Å²) in [7, 11) is -7.04. The number of hydrogen-bond acceptors (Lipinski definition) is 19. The molecule has 0 bridgehead atoms. The number of nitrogen functional groups attached to an aromatic ring is 1. The molecule has 0 aromatic heterocycles. The number of ketones is 1. The average Bonchev–Trinajstić information content (AvgIpc) is 3.26. The number of aromatic carboxylic acids is 1. The zero-order valence-electron chi connectivity index (χ0n) is 34.8. The fourth-order valence-corrected chi connectivity index (χ4v) is 7.58. The molecule has 6 aromatic rings. The number of ether oxygens (including phenoxy) is 2. The smallest absolute Gasteiger partial charge is 0.744 e. The van der Waals surface area contributed by atoms with Crippen LogP contribution in [0, 0.1) is 10.1 Å². The van der Waals surface area contributed by atoms with E-state index >= 15 is 0 Å². The van der Waals surface area contributed by atoms with Crippen molar-refractivity contribution in [1.29, 1.82) is 0 Å². The number of non-ortho nitro benzene ring substituents is 1. The fourth-order valence-electron chi connectivity index (χ4n) is 6.43. The predicted octanol–water partition coefficient (Wildman–Crippen LogP) is 1.01. The predicted molar refractivity (Wildman–Crippen MR) is 228 cm³/mol. The molecule has 7 rings (SSSR count). The number of carboxylic acid groups (broad SMARTS) is 1. The first kappa shape index (κ1) is 50.7. The fraction of sp³-hybridized carbons (Fsp3) is 0.0488. The van der Waals surface area contributed by atoms with Gasteiger partial charge in [-0.3, -0.25) is 24.9 Å². The Kier molecular flexibility index (Phi) is 15.8. The van der Waals surface area contributed by atoms with Gasteiger partial charge in [-0.1, -0.05) is 30.3 Å². The molecule has 0 saturated heterocycles. The summed E-state index contributed by atoms with van der Waals surface area (Å²) in [5.41, 5.74) is 7.44.